The molecule has 0 aliphatic rings. The summed E-state index contributed by atoms with van der Waals surface area (Å²) in [6.07, 6.45) is 9.82. The summed E-state index contributed by atoms with van der Waals surface area (Å²) in [7, 11) is 0. The molecule has 0 fully saturated rings. The third-order valence-electron chi connectivity index (χ3n) is 8.87. The standard InChI is InChI=1S/C35H18N6O4/c1-2-4-21-20(3-1)28(40-25-9-13-44-33(25)34-26(40)10-14-45-34)16-29-30(21)22-6-5-19(15-27(22)41(29)35-37-17-36-18-38-35)39-23-7-11-42-31(23)32-24(39)8-12-43-32/h1-18H. The first-order chi connectivity index (χ1) is 22.3. The molecule has 10 nitrogen and oxygen atoms in total. The normalized spacial score (nSPS) is 12.4. The van der Waals surface area contributed by atoms with Crippen LogP contribution in [0, 0.1) is 0 Å². The second kappa shape index (κ2) is 8.08. The van der Waals surface area contributed by atoms with Gasteiger partial charge < -0.3 is 26.8 Å². The van der Waals surface area contributed by atoms with Gasteiger partial charge in [0.1, 0.15) is 12.7 Å². The number of fused-ring (bicyclic) bond motifs is 11. The van der Waals surface area contributed by atoms with E-state index in [4.69, 9.17) is 17.7 Å². The summed E-state index contributed by atoms with van der Waals surface area (Å²) in [6, 6.07) is 25.0. The maximum absolute atomic E-state index is 5.87. The van der Waals surface area contributed by atoms with E-state index in [-0.39, 0.29) is 0 Å². The van der Waals surface area contributed by atoms with E-state index in [9.17, 15) is 0 Å². The average Bonchev–Trinajstić information content (AvgIpc) is 3.91. The highest BCUT2D eigenvalue weighted by molar-refractivity contribution is 6.24. The average molecular weight is 587 g/mol. The lowest BCUT2D eigenvalue weighted by Crippen LogP contribution is -2.02. The molecular formula is C35H18N6O4. The quantitative estimate of drug-likeness (QED) is 0.204. The molecule has 11 rings (SSSR count). The topological polar surface area (TPSA) is 106 Å². The van der Waals surface area contributed by atoms with Gasteiger partial charge in [-0.1, -0.05) is 30.3 Å². The van der Waals surface area contributed by atoms with Gasteiger partial charge in [0.2, 0.25) is 5.95 Å². The van der Waals surface area contributed by atoms with Gasteiger partial charge in [-0.05, 0) is 23.6 Å². The Morgan fingerprint density at radius 2 is 1.04 bits per heavy atom. The van der Waals surface area contributed by atoms with Crippen molar-refractivity contribution >= 4 is 77.0 Å². The molecule has 11 aromatic rings. The fraction of sp³-hybridized carbons (Fsp3) is 0. The molecule has 0 spiro atoms. The summed E-state index contributed by atoms with van der Waals surface area (Å²) >= 11 is 0. The van der Waals surface area contributed by atoms with Crippen LogP contribution >= 0.6 is 0 Å². The largest absolute Gasteiger partial charge is 0.459 e. The van der Waals surface area contributed by atoms with Gasteiger partial charge in [0, 0.05) is 46.1 Å². The van der Waals surface area contributed by atoms with Crippen LogP contribution in [-0.2, 0) is 0 Å². The molecule has 0 saturated heterocycles. The maximum Gasteiger partial charge on any atom is 0.237 e. The first kappa shape index (κ1) is 23.0. The molecule has 10 heteroatoms. The lowest BCUT2D eigenvalue weighted by atomic mass is 10.0. The molecule has 0 amide bonds. The molecule has 0 saturated carbocycles. The van der Waals surface area contributed by atoms with Crippen molar-refractivity contribution < 1.29 is 17.7 Å². The van der Waals surface area contributed by atoms with Gasteiger partial charge in [0.05, 0.1) is 63.8 Å². The molecule has 0 aliphatic carbocycles. The molecule has 0 N–H and O–H groups in total. The maximum atomic E-state index is 5.87. The van der Waals surface area contributed by atoms with E-state index in [1.54, 1.807) is 25.1 Å². The van der Waals surface area contributed by atoms with Gasteiger partial charge in [0.15, 0.2) is 22.3 Å². The zero-order valence-corrected chi connectivity index (χ0v) is 23.2. The van der Waals surface area contributed by atoms with Crippen LogP contribution < -0.4 is 0 Å². The highest BCUT2D eigenvalue weighted by atomic mass is 16.4. The number of nitrogens with zero attached hydrogens (tertiary/aromatic N) is 6. The molecule has 3 aromatic carbocycles. The molecule has 0 aliphatic heterocycles. The van der Waals surface area contributed by atoms with Crippen molar-refractivity contribution in [2.45, 2.75) is 0 Å². The van der Waals surface area contributed by atoms with Crippen LogP contribution in [-0.4, -0.2) is 28.7 Å². The predicted molar refractivity (Wildman–Crippen MR) is 169 cm³/mol. The third-order valence-corrected chi connectivity index (χ3v) is 8.87. The highest BCUT2D eigenvalue weighted by Gasteiger charge is 2.24. The van der Waals surface area contributed by atoms with Gasteiger partial charge in [-0.15, -0.1) is 0 Å². The van der Waals surface area contributed by atoms with Gasteiger partial charge in [-0.2, -0.15) is 0 Å². The van der Waals surface area contributed by atoms with Crippen molar-refractivity contribution in [1.82, 2.24) is 28.7 Å². The molecule has 0 atom stereocenters. The van der Waals surface area contributed by atoms with Crippen molar-refractivity contribution in [3.63, 3.8) is 0 Å². The summed E-state index contributed by atoms with van der Waals surface area (Å²) in [5.41, 5.74) is 10.4. The Morgan fingerprint density at radius 1 is 0.467 bits per heavy atom. The Balaban J connectivity index is 1.31. The SMILES string of the molecule is c1ccc2c(c1)c(-n1c3ccoc3c3occc31)cc1c2c2ccc(-n3c4ccoc4c4occc43)cc2n1-c1ncncn1. The van der Waals surface area contributed by atoms with Crippen LogP contribution in [0.5, 0.6) is 0 Å². The zero-order valence-electron chi connectivity index (χ0n) is 23.2. The smallest absolute Gasteiger partial charge is 0.237 e. The fourth-order valence-electron chi connectivity index (χ4n) is 7.13. The summed E-state index contributed by atoms with van der Waals surface area (Å²) in [4.78, 5) is 13.3. The number of aromatic nitrogens is 6. The lowest BCUT2D eigenvalue weighted by Gasteiger charge is -2.13. The minimum absolute atomic E-state index is 0.521. The highest BCUT2D eigenvalue weighted by Crippen LogP contribution is 2.43. The van der Waals surface area contributed by atoms with Gasteiger partial charge in [0.25, 0.3) is 0 Å². The predicted octanol–water partition coefficient (Wildman–Crippen LogP) is 8.69. The second-order valence-electron chi connectivity index (χ2n) is 11.0. The number of furan rings is 4. The first-order valence-electron chi connectivity index (χ1n) is 14.4. The third kappa shape index (κ3) is 2.81. The van der Waals surface area contributed by atoms with E-state index in [2.05, 4.69) is 77.2 Å². The summed E-state index contributed by atoms with van der Waals surface area (Å²) in [6.45, 7) is 0. The first-order valence-corrected chi connectivity index (χ1v) is 14.4. The summed E-state index contributed by atoms with van der Waals surface area (Å²) in [5, 5.41) is 4.37. The van der Waals surface area contributed by atoms with Gasteiger partial charge >= 0.3 is 0 Å². The zero-order chi connectivity index (χ0) is 29.2. The van der Waals surface area contributed by atoms with Crippen LogP contribution in [0.2, 0.25) is 0 Å². The van der Waals surface area contributed by atoms with Gasteiger partial charge in [-0.3, -0.25) is 4.57 Å². The van der Waals surface area contributed by atoms with E-state index in [1.165, 1.54) is 12.7 Å². The van der Waals surface area contributed by atoms with Crippen LogP contribution in [0.4, 0.5) is 0 Å². The van der Waals surface area contributed by atoms with E-state index in [0.29, 0.717) is 28.3 Å². The Labute approximate surface area is 250 Å². The number of benzene rings is 3. The number of rotatable bonds is 3. The van der Waals surface area contributed by atoms with Crippen molar-refractivity contribution in [3.05, 3.63) is 111 Å². The van der Waals surface area contributed by atoms with Crippen LogP contribution in [0.25, 0.3) is 94.3 Å². The monoisotopic (exact) mass is 586 g/mol. The molecule has 8 heterocycles. The molecule has 212 valence electrons. The molecule has 0 radical (unpaired) electrons. The van der Waals surface area contributed by atoms with Crippen molar-refractivity contribution in [1.29, 1.82) is 0 Å². The van der Waals surface area contributed by atoms with E-state index in [1.807, 2.05) is 24.3 Å². The minimum Gasteiger partial charge on any atom is -0.459 e. The number of hydrogen-bond donors (Lipinski definition) is 0. The molecule has 45 heavy (non-hydrogen) atoms. The second-order valence-corrected chi connectivity index (χ2v) is 11.0. The van der Waals surface area contributed by atoms with Crippen molar-refractivity contribution in [3.8, 4) is 17.3 Å². The minimum atomic E-state index is 0.521. The van der Waals surface area contributed by atoms with E-state index in [0.717, 1.165) is 66.0 Å². The summed E-state index contributed by atoms with van der Waals surface area (Å²) in [5.74, 6) is 0.521. The van der Waals surface area contributed by atoms with Crippen LogP contribution in [0.1, 0.15) is 0 Å². The molecule has 0 unspecified atom stereocenters. The van der Waals surface area contributed by atoms with Crippen molar-refractivity contribution in [2.24, 2.45) is 0 Å². The van der Waals surface area contributed by atoms with Gasteiger partial charge in [-0.25, -0.2) is 15.0 Å². The number of hydrogen-bond acceptors (Lipinski definition) is 7. The van der Waals surface area contributed by atoms with E-state index < -0.39 is 0 Å². The molecule has 0 bridgehead atoms. The Bertz CT molecular complexity index is 2850. The Morgan fingerprint density at radius 3 is 1.67 bits per heavy atom. The van der Waals surface area contributed by atoms with Crippen molar-refractivity contribution in [2.75, 3.05) is 0 Å². The molecular weight excluding hydrogens is 568 g/mol. The van der Waals surface area contributed by atoms with E-state index >= 15 is 0 Å². The Kier molecular flexibility index (Phi) is 4.13. The fourth-order valence-corrected chi connectivity index (χ4v) is 7.13. The molecule has 8 aromatic heterocycles. The lowest BCUT2D eigenvalue weighted by molar-refractivity contribution is 0.583. The van der Waals surface area contributed by atoms with Crippen LogP contribution in [0.15, 0.2) is 128 Å². The summed E-state index contributed by atoms with van der Waals surface area (Å²) < 4.78 is 29.8. The Hall–Kier alpha value is -6.55. The van der Waals surface area contributed by atoms with Crippen LogP contribution in [0.3, 0.4) is 0 Å².